The second kappa shape index (κ2) is 6.44. The smallest absolute Gasteiger partial charge is 0.323 e. The van der Waals surface area contributed by atoms with E-state index in [4.69, 9.17) is 9.84 Å². The lowest BCUT2D eigenvalue weighted by Gasteiger charge is -2.23. The highest BCUT2D eigenvalue weighted by Gasteiger charge is 2.27. The molecule has 1 amide bonds. The molecule has 1 atom stereocenters. The average molecular weight is 230 g/mol. The number of ether oxygens (including phenoxy) is 1. The Hall–Kier alpha value is -1.14. The molecule has 6 heteroatoms. The zero-order valence-corrected chi connectivity index (χ0v) is 9.44. The number of hydrogen-bond acceptors (Lipinski definition) is 4. The van der Waals surface area contributed by atoms with Gasteiger partial charge in [-0.3, -0.25) is 9.59 Å². The highest BCUT2D eigenvalue weighted by molar-refractivity contribution is 5.85. The van der Waals surface area contributed by atoms with Gasteiger partial charge >= 0.3 is 5.97 Å². The number of carboxylic acid groups (broad SMARTS) is 1. The Balaban J connectivity index is 2.51. The van der Waals surface area contributed by atoms with Crippen molar-refractivity contribution in [1.82, 2.24) is 10.2 Å². The van der Waals surface area contributed by atoms with Crippen molar-refractivity contribution in [3.05, 3.63) is 0 Å². The van der Waals surface area contributed by atoms with Crippen LogP contribution < -0.4 is 5.32 Å². The second-order valence-corrected chi connectivity index (χ2v) is 3.80. The molecule has 0 aromatic carbocycles. The summed E-state index contributed by atoms with van der Waals surface area (Å²) in [6, 6.07) is -0.226. The maximum absolute atomic E-state index is 11.9. The summed E-state index contributed by atoms with van der Waals surface area (Å²) in [4.78, 5) is 23.9. The first kappa shape index (κ1) is 12.9. The van der Waals surface area contributed by atoms with Gasteiger partial charge in [-0.2, -0.15) is 0 Å². The number of aliphatic carboxylic acids is 1. The molecule has 0 aromatic rings. The van der Waals surface area contributed by atoms with Gasteiger partial charge in [-0.25, -0.2) is 0 Å². The topological polar surface area (TPSA) is 78.9 Å². The quantitative estimate of drug-likeness (QED) is 0.630. The van der Waals surface area contributed by atoms with Crippen LogP contribution in [0.15, 0.2) is 0 Å². The Kier molecular flexibility index (Phi) is 5.21. The van der Waals surface area contributed by atoms with E-state index in [1.807, 2.05) is 0 Å². The largest absolute Gasteiger partial charge is 0.480 e. The monoisotopic (exact) mass is 230 g/mol. The van der Waals surface area contributed by atoms with Crippen molar-refractivity contribution in [3.63, 3.8) is 0 Å². The number of nitrogens with zero attached hydrogens (tertiary/aromatic N) is 1. The van der Waals surface area contributed by atoms with Gasteiger partial charge < -0.3 is 20.1 Å². The van der Waals surface area contributed by atoms with Gasteiger partial charge in [-0.15, -0.1) is 0 Å². The molecule has 0 aromatic heterocycles. The number of amides is 1. The molecule has 1 aliphatic heterocycles. The first-order valence-electron chi connectivity index (χ1n) is 5.38. The van der Waals surface area contributed by atoms with Crippen molar-refractivity contribution >= 4 is 11.9 Å². The molecule has 0 unspecified atom stereocenters. The van der Waals surface area contributed by atoms with Gasteiger partial charge in [-0.1, -0.05) is 0 Å². The third kappa shape index (κ3) is 3.79. The molecule has 92 valence electrons. The van der Waals surface area contributed by atoms with E-state index in [2.05, 4.69) is 5.32 Å². The summed E-state index contributed by atoms with van der Waals surface area (Å²) in [7, 11) is 1.53. The van der Waals surface area contributed by atoms with E-state index in [0.717, 1.165) is 19.4 Å². The van der Waals surface area contributed by atoms with Crippen molar-refractivity contribution in [1.29, 1.82) is 0 Å². The van der Waals surface area contributed by atoms with Crippen LogP contribution in [0.5, 0.6) is 0 Å². The third-order valence-corrected chi connectivity index (χ3v) is 2.56. The highest BCUT2D eigenvalue weighted by Crippen LogP contribution is 2.08. The number of nitrogens with one attached hydrogen (secondary N) is 1. The minimum Gasteiger partial charge on any atom is -0.480 e. The molecule has 6 nitrogen and oxygen atoms in total. The third-order valence-electron chi connectivity index (χ3n) is 2.56. The van der Waals surface area contributed by atoms with E-state index >= 15 is 0 Å². The lowest BCUT2D eigenvalue weighted by molar-refractivity contribution is -0.145. The zero-order chi connectivity index (χ0) is 12.0. The van der Waals surface area contributed by atoms with Gasteiger partial charge in [-0.05, 0) is 19.4 Å². The molecule has 1 rings (SSSR count). The van der Waals surface area contributed by atoms with E-state index in [1.54, 1.807) is 0 Å². The van der Waals surface area contributed by atoms with Crippen LogP contribution in [0.25, 0.3) is 0 Å². The van der Waals surface area contributed by atoms with Crippen LogP contribution in [-0.4, -0.2) is 61.3 Å². The number of carbonyl (C=O) groups excluding carboxylic acids is 1. The number of rotatable bonds is 6. The SMILES string of the molecule is COCCN(CC(=O)O)C(=O)[C@@H]1CCCN1. The van der Waals surface area contributed by atoms with E-state index in [-0.39, 0.29) is 18.5 Å². The standard InChI is InChI=1S/C10H18N2O4/c1-16-6-5-12(7-9(13)14)10(15)8-3-2-4-11-8/h8,11H,2-7H2,1H3,(H,13,14)/t8-/m0/s1. The predicted octanol–water partition coefficient (Wildman–Crippen LogP) is -0.702. The molecule has 1 aliphatic rings. The lowest BCUT2D eigenvalue weighted by Crippen LogP contribution is -2.46. The molecular formula is C10H18N2O4. The van der Waals surface area contributed by atoms with Crippen LogP contribution in [-0.2, 0) is 14.3 Å². The number of hydrogen-bond donors (Lipinski definition) is 2. The van der Waals surface area contributed by atoms with Gasteiger partial charge in [0.1, 0.15) is 6.54 Å². The fourth-order valence-corrected chi connectivity index (χ4v) is 1.75. The van der Waals surface area contributed by atoms with Crippen LogP contribution in [0.3, 0.4) is 0 Å². The van der Waals surface area contributed by atoms with E-state index < -0.39 is 5.97 Å². The second-order valence-electron chi connectivity index (χ2n) is 3.80. The van der Waals surface area contributed by atoms with Crippen molar-refractivity contribution in [2.45, 2.75) is 18.9 Å². The average Bonchev–Trinajstić information content (AvgIpc) is 2.76. The number of carbonyl (C=O) groups is 2. The molecule has 16 heavy (non-hydrogen) atoms. The van der Waals surface area contributed by atoms with E-state index in [1.165, 1.54) is 12.0 Å². The summed E-state index contributed by atoms with van der Waals surface area (Å²) in [5.41, 5.74) is 0. The van der Waals surface area contributed by atoms with E-state index in [0.29, 0.717) is 13.2 Å². The summed E-state index contributed by atoms with van der Waals surface area (Å²) in [5, 5.41) is 11.8. The molecule has 2 N–H and O–H groups in total. The summed E-state index contributed by atoms with van der Waals surface area (Å²) < 4.78 is 4.86. The molecule has 0 bridgehead atoms. The summed E-state index contributed by atoms with van der Waals surface area (Å²) in [5.74, 6) is -1.14. The fraction of sp³-hybridized carbons (Fsp3) is 0.800. The normalized spacial score (nSPS) is 19.7. The maximum Gasteiger partial charge on any atom is 0.323 e. The van der Waals surface area contributed by atoms with Crippen LogP contribution in [0.1, 0.15) is 12.8 Å². The molecule has 0 radical (unpaired) electrons. The maximum atomic E-state index is 11.9. The molecule has 0 aliphatic carbocycles. The van der Waals surface area contributed by atoms with Crippen molar-refractivity contribution in [2.75, 3.05) is 33.4 Å². The van der Waals surface area contributed by atoms with E-state index in [9.17, 15) is 9.59 Å². The predicted molar refractivity (Wildman–Crippen MR) is 57.1 cm³/mol. The zero-order valence-electron chi connectivity index (χ0n) is 9.44. The van der Waals surface area contributed by atoms with Crippen molar-refractivity contribution in [2.24, 2.45) is 0 Å². The Bertz CT molecular complexity index is 251. The summed E-state index contributed by atoms with van der Waals surface area (Å²) in [6.45, 7) is 1.23. The van der Waals surface area contributed by atoms with Crippen LogP contribution in [0.2, 0.25) is 0 Å². The van der Waals surface area contributed by atoms with Gasteiger partial charge in [0.2, 0.25) is 5.91 Å². The molecule has 1 fully saturated rings. The Morgan fingerprint density at radius 2 is 2.31 bits per heavy atom. The highest BCUT2D eigenvalue weighted by atomic mass is 16.5. The Morgan fingerprint density at radius 1 is 1.56 bits per heavy atom. The summed E-state index contributed by atoms with van der Waals surface area (Å²) in [6.07, 6.45) is 1.74. The van der Waals surface area contributed by atoms with Gasteiger partial charge in [0.05, 0.1) is 12.6 Å². The minimum atomic E-state index is -0.998. The molecule has 1 saturated heterocycles. The summed E-state index contributed by atoms with van der Waals surface area (Å²) >= 11 is 0. The molecule has 1 heterocycles. The molecule has 0 saturated carbocycles. The van der Waals surface area contributed by atoms with Crippen molar-refractivity contribution < 1.29 is 19.4 Å². The first-order valence-corrected chi connectivity index (χ1v) is 5.38. The Labute approximate surface area is 94.6 Å². The lowest BCUT2D eigenvalue weighted by atomic mass is 10.2. The first-order chi connectivity index (χ1) is 7.65. The van der Waals surface area contributed by atoms with Crippen LogP contribution in [0, 0.1) is 0 Å². The minimum absolute atomic E-state index is 0.142. The van der Waals surface area contributed by atoms with Gasteiger partial charge in [0.25, 0.3) is 0 Å². The molecule has 0 spiro atoms. The van der Waals surface area contributed by atoms with Crippen LogP contribution in [0.4, 0.5) is 0 Å². The number of carboxylic acids is 1. The van der Waals surface area contributed by atoms with Gasteiger partial charge in [0.15, 0.2) is 0 Å². The number of methoxy groups -OCH3 is 1. The Morgan fingerprint density at radius 3 is 2.81 bits per heavy atom. The van der Waals surface area contributed by atoms with Crippen LogP contribution >= 0.6 is 0 Å². The molecular weight excluding hydrogens is 212 g/mol. The fourth-order valence-electron chi connectivity index (χ4n) is 1.75. The van der Waals surface area contributed by atoms with Crippen molar-refractivity contribution in [3.8, 4) is 0 Å². The van der Waals surface area contributed by atoms with Gasteiger partial charge in [0, 0.05) is 13.7 Å².